The number of carbonyl (C=O) groups excluding carboxylic acids is 2. The number of aryl methyl sites for hydroxylation is 2. The van der Waals surface area contributed by atoms with Crippen LogP contribution in [0.5, 0.6) is 0 Å². The zero-order chi connectivity index (χ0) is 21.8. The molecule has 0 bridgehead atoms. The number of amides is 2. The molecule has 162 valence electrons. The summed E-state index contributed by atoms with van der Waals surface area (Å²) >= 11 is 5.88. The maximum Gasteiger partial charge on any atom is 0.255 e. The Balaban J connectivity index is 1.36. The lowest BCUT2D eigenvalue weighted by atomic mass is 10.2. The molecule has 31 heavy (non-hydrogen) atoms. The molecule has 1 fully saturated rings. The first kappa shape index (κ1) is 21.3. The minimum absolute atomic E-state index is 0.0245. The number of ether oxygens (including phenoxy) is 1. The van der Waals surface area contributed by atoms with E-state index in [-0.39, 0.29) is 17.9 Å². The van der Waals surface area contributed by atoms with Gasteiger partial charge >= 0.3 is 0 Å². The molecule has 2 aromatic carbocycles. The van der Waals surface area contributed by atoms with Gasteiger partial charge in [-0.05, 0) is 61.7 Å². The Labute approximate surface area is 185 Å². The molecule has 0 spiro atoms. The van der Waals surface area contributed by atoms with Crippen molar-refractivity contribution in [2.75, 3.05) is 18.5 Å². The molecule has 2 N–H and O–H groups in total. The van der Waals surface area contributed by atoms with Gasteiger partial charge in [-0.1, -0.05) is 11.6 Å². The van der Waals surface area contributed by atoms with Crippen LogP contribution in [0, 0.1) is 0 Å². The number of fused-ring (bicyclic) bond motifs is 1. The molecular formula is C23H25ClN4O3. The van der Waals surface area contributed by atoms with Gasteiger partial charge in [0.05, 0.1) is 11.0 Å². The molecule has 7 nitrogen and oxygen atoms in total. The van der Waals surface area contributed by atoms with Gasteiger partial charge in [0.2, 0.25) is 5.91 Å². The van der Waals surface area contributed by atoms with E-state index in [0.717, 1.165) is 42.5 Å². The molecule has 2 amide bonds. The number of halogens is 1. The third-order valence-corrected chi connectivity index (χ3v) is 5.69. The molecule has 0 unspecified atom stereocenters. The highest BCUT2D eigenvalue weighted by Gasteiger charge is 2.22. The number of hydrogen-bond donors (Lipinski definition) is 2. The van der Waals surface area contributed by atoms with Crippen LogP contribution in [0.15, 0.2) is 42.5 Å². The SMILES string of the molecule is Cn1c(CCCNC(=O)[C@H]2CCCO2)nc2cc(NC(=O)c3ccc(Cl)cc3)ccc21. The lowest BCUT2D eigenvalue weighted by Gasteiger charge is -2.10. The molecule has 4 rings (SSSR count). The van der Waals surface area contributed by atoms with E-state index in [4.69, 9.17) is 21.3 Å². The van der Waals surface area contributed by atoms with Crippen LogP contribution in [-0.2, 0) is 23.0 Å². The molecule has 8 heteroatoms. The van der Waals surface area contributed by atoms with Gasteiger partial charge in [-0.25, -0.2) is 4.98 Å². The number of nitrogens with one attached hydrogen (secondary N) is 2. The number of carbonyl (C=O) groups is 2. The quantitative estimate of drug-likeness (QED) is 0.548. The van der Waals surface area contributed by atoms with Crippen LogP contribution in [0.2, 0.25) is 5.02 Å². The van der Waals surface area contributed by atoms with E-state index >= 15 is 0 Å². The molecule has 1 aromatic heterocycles. The molecule has 1 aliphatic rings. The predicted molar refractivity (Wildman–Crippen MR) is 120 cm³/mol. The van der Waals surface area contributed by atoms with Crippen LogP contribution < -0.4 is 10.6 Å². The van der Waals surface area contributed by atoms with Crippen molar-refractivity contribution in [1.29, 1.82) is 0 Å². The molecule has 1 saturated heterocycles. The number of rotatable bonds is 7. The van der Waals surface area contributed by atoms with Gasteiger partial charge < -0.3 is 19.9 Å². The summed E-state index contributed by atoms with van der Waals surface area (Å²) in [5.41, 5.74) is 3.02. The monoisotopic (exact) mass is 440 g/mol. The lowest BCUT2D eigenvalue weighted by Crippen LogP contribution is -2.34. The van der Waals surface area contributed by atoms with Crippen molar-refractivity contribution in [3.8, 4) is 0 Å². The Morgan fingerprint density at radius 1 is 1.23 bits per heavy atom. The third kappa shape index (κ3) is 5.06. The van der Waals surface area contributed by atoms with Gasteiger partial charge in [0.1, 0.15) is 11.9 Å². The van der Waals surface area contributed by atoms with Crippen LogP contribution in [0.4, 0.5) is 5.69 Å². The Bertz CT molecular complexity index is 1090. The molecule has 0 aliphatic carbocycles. The second-order valence-electron chi connectivity index (χ2n) is 7.65. The smallest absolute Gasteiger partial charge is 0.255 e. The van der Waals surface area contributed by atoms with Gasteiger partial charge in [-0.3, -0.25) is 9.59 Å². The van der Waals surface area contributed by atoms with Crippen molar-refractivity contribution >= 4 is 40.1 Å². The van der Waals surface area contributed by atoms with Crippen LogP contribution >= 0.6 is 11.6 Å². The van der Waals surface area contributed by atoms with E-state index in [0.29, 0.717) is 29.4 Å². The number of hydrogen-bond acceptors (Lipinski definition) is 4. The molecule has 1 atom stereocenters. The summed E-state index contributed by atoms with van der Waals surface area (Å²) in [6, 6.07) is 12.4. The van der Waals surface area contributed by atoms with Crippen LogP contribution in [0.3, 0.4) is 0 Å². The topological polar surface area (TPSA) is 85.2 Å². The Hall–Kier alpha value is -2.90. The fraction of sp³-hybridized carbons (Fsp3) is 0.348. The summed E-state index contributed by atoms with van der Waals surface area (Å²) in [6.45, 7) is 1.25. The van der Waals surface area contributed by atoms with Gasteiger partial charge in [0.25, 0.3) is 5.91 Å². The summed E-state index contributed by atoms with van der Waals surface area (Å²) in [5.74, 6) is 0.709. The second-order valence-corrected chi connectivity index (χ2v) is 8.08. The maximum absolute atomic E-state index is 12.4. The summed E-state index contributed by atoms with van der Waals surface area (Å²) in [6.07, 6.45) is 2.98. The first-order valence-corrected chi connectivity index (χ1v) is 10.8. The molecular weight excluding hydrogens is 416 g/mol. The first-order valence-electron chi connectivity index (χ1n) is 10.4. The van der Waals surface area contributed by atoms with Crippen LogP contribution in [-0.4, -0.2) is 40.6 Å². The Morgan fingerprint density at radius 3 is 2.77 bits per heavy atom. The van der Waals surface area contributed by atoms with E-state index in [9.17, 15) is 9.59 Å². The standard InChI is InChI=1S/C23H25ClN4O3/c1-28-19-11-10-17(26-22(29)15-6-8-16(24)9-7-15)14-18(19)27-21(28)5-2-12-25-23(30)20-4-3-13-31-20/h6-11,14,20H,2-5,12-13H2,1H3,(H,25,30)(H,26,29)/t20-/m1/s1. The highest BCUT2D eigenvalue weighted by Crippen LogP contribution is 2.21. The number of imidazole rings is 1. The summed E-state index contributed by atoms with van der Waals surface area (Å²) in [4.78, 5) is 29.2. The molecule has 2 heterocycles. The van der Waals surface area contributed by atoms with E-state index < -0.39 is 0 Å². The zero-order valence-electron chi connectivity index (χ0n) is 17.4. The minimum Gasteiger partial charge on any atom is -0.368 e. The fourth-order valence-electron chi connectivity index (χ4n) is 3.71. The molecule has 3 aromatic rings. The van der Waals surface area contributed by atoms with Crippen molar-refractivity contribution in [2.24, 2.45) is 7.05 Å². The number of benzene rings is 2. The summed E-state index contributed by atoms with van der Waals surface area (Å²) in [5, 5.41) is 6.43. The zero-order valence-corrected chi connectivity index (χ0v) is 18.1. The van der Waals surface area contributed by atoms with Gasteiger partial charge in [0, 0.05) is 42.9 Å². The number of nitrogens with zero attached hydrogens (tertiary/aromatic N) is 2. The Morgan fingerprint density at radius 2 is 2.03 bits per heavy atom. The van der Waals surface area contributed by atoms with Gasteiger partial charge in [-0.15, -0.1) is 0 Å². The fourth-order valence-corrected chi connectivity index (χ4v) is 3.84. The van der Waals surface area contributed by atoms with Gasteiger partial charge in [-0.2, -0.15) is 0 Å². The van der Waals surface area contributed by atoms with Crippen molar-refractivity contribution < 1.29 is 14.3 Å². The molecule has 0 radical (unpaired) electrons. The number of anilines is 1. The minimum atomic E-state index is -0.294. The average molecular weight is 441 g/mol. The summed E-state index contributed by atoms with van der Waals surface area (Å²) < 4.78 is 7.44. The molecule has 0 saturated carbocycles. The van der Waals surface area contributed by atoms with Crippen molar-refractivity contribution in [2.45, 2.75) is 31.8 Å². The van der Waals surface area contributed by atoms with Crippen LogP contribution in [0.1, 0.15) is 35.4 Å². The van der Waals surface area contributed by atoms with Crippen molar-refractivity contribution in [3.63, 3.8) is 0 Å². The van der Waals surface area contributed by atoms with Gasteiger partial charge in [0.15, 0.2) is 0 Å². The normalized spacial score (nSPS) is 15.9. The Kier molecular flexibility index (Phi) is 6.53. The largest absolute Gasteiger partial charge is 0.368 e. The van der Waals surface area contributed by atoms with E-state index in [1.165, 1.54) is 0 Å². The number of aromatic nitrogens is 2. The average Bonchev–Trinajstić information content (AvgIpc) is 3.40. The maximum atomic E-state index is 12.4. The summed E-state index contributed by atoms with van der Waals surface area (Å²) in [7, 11) is 1.97. The van der Waals surface area contributed by atoms with Crippen LogP contribution in [0.25, 0.3) is 11.0 Å². The third-order valence-electron chi connectivity index (χ3n) is 5.44. The molecule has 1 aliphatic heterocycles. The highest BCUT2D eigenvalue weighted by atomic mass is 35.5. The first-order chi connectivity index (χ1) is 15.0. The van der Waals surface area contributed by atoms with E-state index in [1.807, 2.05) is 29.8 Å². The van der Waals surface area contributed by atoms with E-state index in [1.54, 1.807) is 24.3 Å². The highest BCUT2D eigenvalue weighted by molar-refractivity contribution is 6.30. The van der Waals surface area contributed by atoms with E-state index in [2.05, 4.69) is 10.6 Å². The van der Waals surface area contributed by atoms with Crippen molar-refractivity contribution in [3.05, 3.63) is 58.9 Å². The lowest BCUT2D eigenvalue weighted by molar-refractivity contribution is -0.130. The van der Waals surface area contributed by atoms with Crippen molar-refractivity contribution in [1.82, 2.24) is 14.9 Å². The predicted octanol–water partition coefficient (Wildman–Crippen LogP) is 3.71. The second kappa shape index (κ2) is 9.49.